The van der Waals surface area contributed by atoms with Crippen LogP contribution in [0.25, 0.3) is 0 Å². The van der Waals surface area contributed by atoms with Gasteiger partial charge in [-0.05, 0) is 37.4 Å². The van der Waals surface area contributed by atoms with Crippen LogP contribution in [0.1, 0.15) is 19.4 Å². The molecule has 1 saturated heterocycles. The highest BCUT2D eigenvalue weighted by molar-refractivity contribution is 7.14. The van der Waals surface area contributed by atoms with E-state index in [9.17, 15) is 0 Å². The first-order valence-corrected chi connectivity index (χ1v) is 10.1. The molecule has 0 aromatic carbocycles. The van der Waals surface area contributed by atoms with Crippen molar-refractivity contribution in [3.63, 3.8) is 0 Å². The molecule has 3 rings (SSSR count). The average Bonchev–Trinajstić information content (AvgIpc) is 3.21. The van der Waals surface area contributed by atoms with Gasteiger partial charge in [-0.2, -0.15) is 0 Å². The maximum Gasteiger partial charge on any atom is 0.218 e. The lowest BCUT2D eigenvalue weighted by atomic mass is 10.3. The van der Waals surface area contributed by atoms with Crippen molar-refractivity contribution in [2.75, 3.05) is 44.2 Å². The van der Waals surface area contributed by atoms with Crippen molar-refractivity contribution >= 4 is 22.3 Å². The standard InChI is InChI=1S/C19H27N5OS/c1-3-20-19(22-15-16-7-5-9-21-18(16)25-4-2)24-12-10-23(11-13-24)17-8-6-14-26-17/h5-9,14H,3-4,10-13,15H2,1-2H3,(H,20,22). The number of thiophene rings is 1. The monoisotopic (exact) mass is 373 g/mol. The Kier molecular flexibility index (Phi) is 6.71. The summed E-state index contributed by atoms with van der Waals surface area (Å²) < 4.78 is 5.61. The van der Waals surface area contributed by atoms with Gasteiger partial charge in [0.05, 0.1) is 18.2 Å². The average molecular weight is 374 g/mol. The van der Waals surface area contributed by atoms with E-state index in [-0.39, 0.29) is 0 Å². The fraction of sp³-hybridized carbons (Fsp3) is 0.474. The van der Waals surface area contributed by atoms with Crippen LogP contribution in [0.4, 0.5) is 5.00 Å². The van der Waals surface area contributed by atoms with E-state index in [0.717, 1.165) is 44.2 Å². The Balaban J connectivity index is 1.65. The fourth-order valence-electron chi connectivity index (χ4n) is 2.99. The van der Waals surface area contributed by atoms with Gasteiger partial charge in [0.1, 0.15) is 0 Å². The quantitative estimate of drug-likeness (QED) is 0.623. The maximum absolute atomic E-state index is 5.61. The summed E-state index contributed by atoms with van der Waals surface area (Å²) in [6, 6.07) is 8.26. The van der Waals surface area contributed by atoms with E-state index < -0.39 is 0 Å². The second-order valence-electron chi connectivity index (χ2n) is 6.00. The number of hydrogen-bond acceptors (Lipinski definition) is 5. The first-order valence-electron chi connectivity index (χ1n) is 9.20. The molecule has 2 aromatic rings. The van der Waals surface area contributed by atoms with Crippen molar-refractivity contribution in [1.82, 2.24) is 15.2 Å². The number of anilines is 1. The van der Waals surface area contributed by atoms with Crippen molar-refractivity contribution in [3.05, 3.63) is 41.4 Å². The molecular weight excluding hydrogens is 346 g/mol. The fourth-order valence-corrected chi connectivity index (χ4v) is 3.77. The van der Waals surface area contributed by atoms with Crippen LogP contribution in [-0.4, -0.2) is 55.2 Å². The minimum Gasteiger partial charge on any atom is -0.478 e. The molecule has 0 bridgehead atoms. The predicted molar refractivity (Wildman–Crippen MR) is 108 cm³/mol. The molecule has 1 fully saturated rings. The van der Waals surface area contributed by atoms with Crippen molar-refractivity contribution in [2.24, 2.45) is 4.99 Å². The van der Waals surface area contributed by atoms with Crippen molar-refractivity contribution in [3.8, 4) is 5.88 Å². The van der Waals surface area contributed by atoms with Gasteiger partial charge in [-0.15, -0.1) is 11.3 Å². The third-order valence-electron chi connectivity index (χ3n) is 4.26. The zero-order valence-corrected chi connectivity index (χ0v) is 16.3. The molecule has 0 radical (unpaired) electrons. The second kappa shape index (κ2) is 9.43. The highest BCUT2D eigenvalue weighted by atomic mass is 32.1. The van der Waals surface area contributed by atoms with E-state index in [1.807, 2.05) is 19.1 Å². The third kappa shape index (κ3) is 4.66. The van der Waals surface area contributed by atoms with E-state index in [0.29, 0.717) is 19.0 Å². The van der Waals surface area contributed by atoms with Gasteiger partial charge in [-0.1, -0.05) is 6.07 Å². The van der Waals surface area contributed by atoms with Crippen molar-refractivity contribution < 1.29 is 4.74 Å². The van der Waals surface area contributed by atoms with Gasteiger partial charge < -0.3 is 19.9 Å². The van der Waals surface area contributed by atoms with Crippen LogP contribution in [0.3, 0.4) is 0 Å². The molecule has 2 aromatic heterocycles. The highest BCUT2D eigenvalue weighted by Crippen LogP contribution is 2.22. The molecule has 0 unspecified atom stereocenters. The molecule has 0 atom stereocenters. The van der Waals surface area contributed by atoms with E-state index in [1.54, 1.807) is 17.5 Å². The highest BCUT2D eigenvalue weighted by Gasteiger charge is 2.20. The lowest BCUT2D eigenvalue weighted by Gasteiger charge is -2.37. The number of nitrogens with zero attached hydrogens (tertiary/aromatic N) is 4. The summed E-state index contributed by atoms with van der Waals surface area (Å²) in [5.74, 6) is 1.64. The van der Waals surface area contributed by atoms with Crippen LogP contribution in [0.2, 0.25) is 0 Å². The van der Waals surface area contributed by atoms with E-state index in [1.165, 1.54) is 5.00 Å². The number of pyridine rings is 1. The molecule has 0 saturated carbocycles. The van der Waals surface area contributed by atoms with Gasteiger partial charge >= 0.3 is 0 Å². The number of aromatic nitrogens is 1. The Labute approximate surface area is 159 Å². The van der Waals surface area contributed by atoms with E-state index in [2.05, 4.69) is 44.5 Å². The minimum absolute atomic E-state index is 0.566. The Hall–Kier alpha value is -2.28. The number of guanidine groups is 1. The van der Waals surface area contributed by atoms with E-state index in [4.69, 9.17) is 9.73 Å². The normalized spacial score (nSPS) is 15.2. The molecule has 3 heterocycles. The minimum atomic E-state index is 0.566. The van der Waals surface area contributed by atoms with Crippen LogP contribution in [0.15, 0.2) is 40.8 Å². The molecule has 7 heteroatoms. The van der Waals surface area contributed by atoms with Gasteiger partial charge in [0.25, 0.3) is 0 Å². The molecule has 1 aliphatic rings. The number of aliphatic imine (C=N–C) groups is 1. The second-order valence-corrected chi connectivity index (χ2v) is 6.92. The van der Waals surface area contributed by atoms with Gasteiger partial charge in [0.2, 0.25) is 5.88 Å². The number of hydrogen-bond donors (Lipinski definition) is 1. The van der Waals surface area contributed by atoms with Crippen LogP contribution >= 0.6 is 11.3 Å². The molecule has 1 aliphatic heterocycles. The Morgan fingerprint density at radius 2 is 2.08 bits per heavy atom. The molecule has 1 N–H and O–H groups in total. The van der Waals surface area contributed by atoms with Crippen molar-refractivity contribution in [1.29, 1.82) is 0 Å². The summed E-state index contributed by atoms with van der Waals surface area (Å²) >= 11 is 1.80. The molecule has 0 amide bonds. The topological polar surface area (TPSA) is 53.0 Å². The summed E-state index contributed by atoms with van der Waals surface area (Å²) in [4.78, 5) is 13.9. The molecule has 140 valence electrons. The van der Waals surface area contributed by atoms with Crippen molar-refractivity contribution in [2.45, 2.75) is 20.4 Å². The van der Waals surface area contributed by atoms with Gasteiger partial charge in [0.15, 0.2) is 5.96 Å². The van der Waals surface area contributed by atoms with Crippen LogP contribution < -0.4 is 15.0 Å². The zero-order chi connectivity index (χ0) is 18.2. The Morgan fingerprint density at radius 3 is 2.77 bits per heavy atom. The first-order chi connectivity index (χ1) is 12.8. The Bertz CT molecular complexity index is 696. The van der Waals surface area contributed by atoms with Crippen LogP contribution in [-0.2, 0) is 6.54 Å². The van der Waals surface area contributed by atoms with Gasteiger partial charge in [-0.25, -0.2) is 9.98 Å². The third-order valence-corrected chi connectivity index (χ3v) is 5.19. The number of nitrogens with one attached hydrogen (secondary N) is 1. The summed E-state index contributed by atoms with van der Waals surface area (Å²) in [6.45, 7) is 10.1. The van der Waals surface area contributed by atoms with Gasteiger partial charge in [-0.3, -0.25) is 0 Å². The molecule has 6 nitrogen and oxygen atoms in total. The summed E-state index contributed by atoms with van der Waals surface area (Å²) in [7, 11) is 0. The molecular formula is C19H27N5OS. The number of ether oxygens (including phenoxy) is 1. The molecule has 0 aliphatic carbocycles. The van der Waals surface area contributed by atoms with Crippen LogP contribution in [0, 0.1) is 0 Å². The zero-order valence-electron chi connectivity index (χ0n) is 15.5. The molecule has 26 heavy (non-hydrogen) atoms. The summed E-state index contributed by atoms with van der Waals surface area (Å²) in [6.07, 6.45) is 1.76. The smallest absolute Gasteiger partial charge is 0.218 e. The molecule has 0 spiro atoms. The number of piperazine rings is 1. The summed E-state index contributed by atoms with van der Waals surface area (Å²) in [5.41, 5.74) is 1.02. The lowest BCUT2D eigenvalue weighted by Crippen LogP contribution is -2.52. The SMILES string of the molecule is CCNC(=NCc1cccnc1OCC)N1CCN(c2cccs2)CC1. The predicted octanol–water partition coefficient (Wildman–Crippen LogP) is 2.83. The Morgan fingerprint density at radius 1 is 1.23 bits per heavy atom. The maximum atomic E-state index is 5.61. The number of rotatable bonds is 6. The van der Waals surface area contributed by atoms with Gasteiger partial charge in [0, 0.05) is 44.5 Å². The van der Waals surface area contributed by atoms with Crippen LogP contribution in [0.5, 0.6) is 5.88 Å². The van der Waals surface area contributed by atoms with E-state index >= 15 is 0 Å². The summed E-state index contributed by atoms with van der Waals surface area (Å²) in [5, 5.41) is 6.91. The lowest BCUT2D eigenvalue weighted by molar-refractivity contribution is 0.323. The largest absolute Gasteiger partial charge is 0.478 e. The first kappa shape index (κ1) is 18.5.